The van der Waals surface area contributed by atoms with Crippen LogP contribution in [-0.4, -0.2) is 31.1 Å². The molecule has 0 aromatic heterocycles. The van der Waals surface area contributed by atoms with E-state index in [1.165, 1.54) is 38.1 Å². The van der Waals surface area contributed by atoms with Crippen molar-refractivity contribution in [2.45, 2.75) is 19.3 Å². The first kappa shape index (κ1) is 12.3. The molecule has 1 aliphatic heterocycles. The van der Waals surface area contributed by atoms with Gasteiger partial charge in [0.2, 0.25) is 0 Å². The summed E-state index contributed by atoms with van der Waals surface area (Å²) >= 11 is 0. The molecule has 0 atom stereocenters. The van der Waals surface area contributed by atoms with Crippen molar-refractivity contribution in [2.75, 3.05) is 31.5 Å². The number of hydrogen-bond acceptors (Lipinski definition) is 2. The fraction of sp³-hybridized carbons (Fsp3) is 0.538. The zero-order chi connectivity index (χ0) is 12.1. The normalized spacial score (nSPS) is 16.4. The van der Waals surface area contributed by atoms with E-state index in [2.05, 4.69) is 10.2 Å². The number of hydrogen-bond donors (Lipinski definition) is 1. The molecule has 1 aromatic carbocycles. The average Bonchev–Trinajstić information content (AvgIpc) is 2.76. The Balaban J connectivity index is 1.70. The van der Waals surface area contributed by atoms with Gasteiger partial charge in [-0.3, -0.25) is 0 Å². The number of likely N-dealkylation sites (tertiary alicyclic amines) is 1. The fourth-order valence-corrected chi connectivity index (χ4v) is 2.20. The molecule has 0 unspecified atom stereocenters. The Morgan fingerprint density at radius 2 is 1.71 bits per heavy atom. The van der Waals surface area contributed by atoms with Gasteiger partial charge in [-0.05, 0) is 51.0 Å². The zero-order valence-electron chi connectivity index (χ0n) is 9.88. The van der Waals surface area contributed by atoms with Crippen LogP contribution in [0.15, 0.2) is 18.2 Å². The Morgan fingerprint density at radius 1 is 1.06 bits per heavy atom. The lowest BCUT2D eigenvalue weighted by atomic mass is 10.3. The Bertz CT molecular complexity index is 342. The van der Waals surface area contributed by atoms with Crippen molar-refractivity contribution in [3.63, 3.8) is 0 Å². The predicted octanol–water partition coefficient (Wildman–Crippen LogP) is 2.86. The van der Waals surface area contributed by atoms with Crippen LogP contribution in [-0.2, 0) is 0 Å². The molecule has 0 aliphatic carbocycles. The molecular weight excluding hydrogens is 222 g/mol. The minimum absolute atomic E-state index is 0.518. The van der Waals surface area contributed by atoms with E-state index in [1.54, 1.807) is 0 Å². The molecule has 2 rings (SSSR count). The Kier molecular flexibility index (Phi) is 4.31. The largest absolute Gasteiger partial charge is 0.385 e. The van der Waals surface area contributed by atoms with E-state index in [0.717, 1.165) is 25.6 Å². The van der Waals surface area contributed by atoms with E-state index in [-0.39, 0.29) is 0 Å². The van der Waals surface area contributed by atoms with Gasteiger partial charge in [0.25, 0.3) is 0 Å². The molecule has 1 fully saturated rings. The first-order valence-corrected chi connectivity index (χ1v) is 6.16. The van der Waals surface area contributed by atoms with Gasteiger partial charge in [-0.25, -0.2) is 8.78 Å². The second kappa shape index (κ2) is 5.96. The van der Waals surface area contributed by atoms with Crippen molar-refractivity contribution in [3.8, 4) is 0 Å². The topological polar surface area (TPSA) is 15.3 Å². The van der Waals surface area contributed by atoms with Crippen molar-refractivity contribution >= 4 is 5.69 Å². The maximum atomic E-state index is 12.9. The first-order chi connectivity index (χ1) is 8.24. The second-order valence-electron chi connectivity index (χ2n) is 4.49. The van der Waals surface area contributed by atoms with Crippen LogP contribution in [0, 0.1) is 11.6 Å². The summed E-state index contributed by atoms with van der Waals surface area (Å²) in [6.45, 7) is 4.19. The maximum absolute atomic E-state index is 12.9. The lowest BCUT2D eigenvalue weighted by molar-refractivity contribution is 0.337. The molecule has 94 valence electrons. The number of nitrogens with zero attached hydrogens (tertiary/aromatic N) is 1. The molecule has 0 saturated carbocycles. The molecule has 0 amide bonds. The standard InChI is InChI=1S/C13H18F2N2/c14-11-8-12(15)10-13(9-11)16-4-3-7-17-5-1-2-6-17/h8-10,16H,1-7H2. The van der Waals surface area contributed by atoms with Crippen LogP contribution in [0.5, 0.6) is 0 Å². The first-order valence-electron chi connectivity index (χ1n) is 6.16. The molecule has 0 bridgehead atoms. The molecule has 1 saturated heterocycles. The van der Waals surface area contributed by atoms with Gasteiger partial charge in [0.1, 0.15) is 11.6 Å². The molecule has 1 heterocycles. The minimum Gasteiger partial charge on any atom is -0.385 e. The van der Waals surface area contributed by atoms with Crippen LogP contribution in [0.3, 0.4) is 0 Å². The van der Waals surface area contributed by atoms with E-state index < -0.39 is 11.6 Å². The van der Waals surface area contributed by atoms with Crippen LogP contribution in [0.25, 0.3) is 0 Å². The number of anilines is 1. The number of benzene rings is 1. The van der Waals surface area contributed by atoms with Gasteiger partial charge in [0.05, 0.1) is 0 Å². The number of halogens is 2. The highest BCUT2D eigenvalue weighted by atomic mass is 19.1. The van der Waals surface area contributed by atoms with Crippen molar-refractivity contribution in [1.82, 2.24) is 4.90 Å². The van der Waals surface area contributed by atoms with Gasteiger partial charge in [0.15, 0.2) is 0 Å². The van der Waals surface area contributed by atoms with Crippen LogP contribution in [0.2, 0.25) is 0 Å². The van der Waals surface area contributed by atoms with Crippen LogP contribution in [0.1, 0.15) is 19.3 Å². The predicted molar refractivity (Wildman–Crippen MR) is 65.1 cm³/mol. The highest BCUT2D eigenvalue weighted by Gasteiger charge is 2.10. The van der Waals surface area contributed by atoms with Crippen LogP contribution >= 0.6 is 0 Å². The molecule has 4 heteroatoms. The van der Waals surface area contributed by atoms with E-state index >= 15 is 0 Å². The van der Waals surface area contributed by atoms with Crippen molar-refractivity contribution in [1.29, 1.82) is 0 Å². The van der Waals surface area contributed by atoms with Crippen molar-refractivity contribution in [3.05, 3.63) is 29.8 Å². The van der Waals surface area contributed by atoms with Gasteiger partial charge in [-0.2, -0.15) is 0 Å². The van der Waals surface area contributed by atoms with E-state index in [0.29, 0.717) is 5.69 Å². The molecule has 0 radical (unpaired) electrons. The summed E-state index contributed by atoms with van der Waals surface area (Å²) in [6, 6.07) is 3.52. The molecular formula is C13H18F2N2. The minimum atomic E-state index is -0.535. The number of rotatable bonds is 5. The Labute approximate surface area is 101 Å². The molecule has 1 aliphatic rings. The molecule has 17 heavy (non-hydrogen) atoms. The molecule has 1 N–H and O–H groups in total. The van der Waals surface area contributed by atoms with Crippen molar-refractivity contribution in [2.24, 2.45) is 0 Å². The summed E-state index contributed by atoms with van der Waals surface area (Å²) in [5.74, 6) is -1.07. The Morgan fingerprint density at radius 3 is 2.35 bits per heavy atom. The SMILES string of the molecule is Fc1cc(F)cc(NCCCN2CCCC2)c1. The third kappa shape index (κ3) is 3.97. The third-order valence-electron chi connectivity index (χ3n) is 3.04. The maximum Gasteiger partial charge on any atom is 0.128 e. The van der Waals surface area contributed by atoms with Gasteiger partial charge >= 0.3 is 0 Å². The van der Waals surface area contributed by atoms with E-state index in [9.17, 15) is 8.78 Å². The fourth-order valence-electron chi connectivity index (χ4n) is 2.20. The molecule has 1 aromatic rings. The number of nitrogens with one attached hydrogen (secondary N) is 1. The van der Waals surface area contributed by atoms with Crippen molar-refractivity contribution < 1.29 is 8.78 Å². The lowest BCUT2D eigenvalue weighted by Crippen LogP contribution is -2.22. The van der Waals surface area contributed by atoms with E-state index in [4.69, 9.17) is 0 Å². The highest BCUT2D eigenvalue weighted by molar-refractivity contribution is 5.43. The van der Waals surface area contributed by atoms with Gasteiger partial charge in [-0.1, -0.05) is 0 Å². The van der Waals surface area contributed by atoms with Crippen LogP contribution in [0.4, 0.5) is 14.5 Å². The average molecular weight is 240 g/mol. The lowest BCUT2D eigenvalue weighted by Gasteiger charge is -2.14. The van der Waals surface area contributed by atoms with E-state index in [1.807, 2.05) is 0 Å². The summed E-state index contributed by atoms with van der Waals surface area (Å²) in [6.07, 6.45) is 3.59. The summed E-state index contributed by atoms with van der Waals surface area (Å²) in [4.78, 5) is 2.42. The summed E-state index contributed by atoms with van der Waals surface area (Å²) in [7, 11) is 0. The summed E-state index contributed by atoms with van der Waals surface area (Å²) in [5.41, 5.74) is 0.518. The second-order valence-corrected chi connectivity index (χ2v) is 4.49. The smallest absolute Gasteiger partial charge is 0.128 e. The Hall–Kier alpha value is -1.16. The quantitative estimate of drug-likeness (QED) is 0.796. The summed E-state index contributed by atoms with van der Waals surface area (Å²) < 4.78 is 25.8. The summed E-state index contributed by atoms with van der Waals surface area (Å²) in [5, 5.41) is 3.04. The zero-order valence-corrected chi connectivity index (χ0v) is 9.88. The van der Waals surface area contributed by atoms with Gasteiger partial charge < -0.3 is 10.2 Å². The monoisotopic (exact) mass is 240 g/mol. The van der Waals surface area contributed by atoms with Gasteiger partial charge in [0, 0.05) is 18.3 Å². The van der Waals surface area contributed by atoms with Gasteiger partial charge in [-0.15, -0.1) is 0 Å². The third-order valence-corrected chi connectivity index (χ3v) is 3.04. The van der Waals surface area contributed by atoms with Crippen LogP contribution < -0.4 is 5.32 Å². The highest BCUT2D eigenvalue weighted by Crippen LogP contribution is 2.13. The molecule has 2 nitrogen and oxygen atoms in total. The molecule has 0 spiro atoms.